The zero-order chi connectivity index (χ0) is 16.0. The SMILES string of the molecule is CC(C)(CO)CCCNC(=O)c1ccccc1OC1CCC1. The summed E-state index contributed by atoms with van der Waals surface area (Å²) in [7, 11) is 0. The van der Waals surface area contributed by atoms with Crippen molar-refractivity contribution in [3.8, 4) is 5.75 Å². The predicted octanol–water partition coefficient (Wildman–Crippen LogP) is 3.15. The summed E-state index contributed by atoms with van der Waals surface area (Å²) < 4.78 is 5.89. The number of carbonyl (C=O) groups is 1. The van der Waals surface area contributed by atoms with Gasteiger partial charge in [-0.2, -0.15) is 0 Å². The van der Waals surface area contributed by atoms with Gasteiger partial charge in [0, 0.05) is 13.2 Å². The highest BCUT2D eigenvalue weighted by atomic mass is 16.5. The first kappa shape index (κ1) is 16.8. The summed E-state index contributed by atoms with van der Waals surface area (Å²) in [5.74, 6) is 0.595. The van der Waals surface area contributed by atoms with Gasteiger partial charge in [0.05, 0.1) is 11.7 Å². The maximum Gasteiger partial charge on any atom is 0.255 e. The molecule has 0 aromatic heterocycles. The van der Waals surface area contributed by atoms with Crippen molar-refractivity contribution in [1.29, 1.82) is 0 Å². The lowest BCUT2D eigenvalue weighted by atomic mass is 9.89. The van der Waals surface area contributed by atoms with Crippen LogP contribution in [-0.2, 0) is 0 Å². The zero-order valence-corrected chi connectivity index (χ0v) is 13.6. The number of benzene rings is 1. The fourth-order valence-corrected chi connectivity index (χ4v) is 2.37. The van der Waals surface area contributed by atoms with E-state index in [1.807, 2.05) is 32.0 Å². The Labute approximate surface area is 132 Å². The van der Waals surface area contributed by atoms with Crippen LogP contribution in [0.1, 0.15) is 56.3 Å². The number of aliphatic hydroxyl groups excluding tert-OH is 1. The number of nitrogens with one attached hydrogen (secondary N) is 1. The second-order valence-corrected chi connectivity index (χ2v) is 6.85. The minimum Gasteiger partial charge on any atom is -0.490 e. The standard InChI is InChI=1S/C18H27NO3/c1-18(2,13-20)11-6-12-19-17(21)15-9-3-4-10-16(15)22-14-7-5-8-14/h3-4,9-10,14,20H,5-8,11-13H2,1-2H3,(H,19,21). The van der Waals surface area contributed by atoms with E-state index < -0.39 is 0 Å². The Morgan fingerprint density at radius 2 is 2.09 bits per heavy atom. The maximum atomic E-state index is 12.3. The van der Waals surface area contributed by atoms with Crippen LogP contribution in [0.15, 0.2) is 24.3 Å². The third-order valence-corrected chi connectivity index (χ3v) is 4.22. The van der Waals surface area contributed by atoms with E-state index in [-0.39, 0.29) is 24.0 Å². The molecule has 0 radical (unpaired) electrons. The fourth-order valence-electron chi connectivity index (χ4n) is 2.37. The van der Waals surface area contributed by atoms with Crippen LogP contribution < -0.4 is 10.1 Å². The molecule has 1 aromatic carbocycles. The molecule has 2 N–H and O–H groups in total. The quantitative estimate of drug-likeness (QED) is 0.725. The highest BCUT2D eigenvalue weighted by Gasteiger charge is 2.22. The lowest BCUT2D eigenvalue weighted by Gasteiger charge is -2.27. The average Bonchev–Trinajstić information content (AvgIpc) is 2.47. The zero-order valence-electron chi connectivity index (χ0n) is 13.6. The van der Waals surface area contributed by atoms with Gasteiger partial charge in [-0.15, -0.1) is 0 Å². The van der Waals surface area contributed by atoms with Crippen LogP contribution in [0, 0.1) is 5.41 Å². The summed E-state index contributed by atoms with van der Waals surface area (Å²) in [5, 5.41) is 12.2. The molecular weight excluding hydrogens is 278 g/mol. The van der Waals surface area contributed by atoms with Gasteiger partial charge in [0.25, 0.3) is 5.91 Å². The Morgan fingerprint density at radius 3 is 2.73 bits per heavy atom. The lowest BCUT2D eigenvalue weighted by Crippen LogP contribution is -2.29. The molecule has 122 valence electrons. The van der Waals surface area contributed by atoms with Gasteiger partial charge >= 0.3 is 0 Å². The van der Waals surface area contributed by atoms with Crippen LogP contribution in [-0.4, -0.2) is 30.3 Å². The molecule has 2 rings (SSSR count). The van der Waals surface area contributed by atoms with Gasteiger partial charge in [-0.25, -0.2) is 0 Å². The second-order valence-electron chi connectivity index (χ2n) is 6.85. The molecule has 0 spiro atoms. The summed E-state index contributed by atoms with van der Waals surface area (Å²) in [6.07, 6.45) is 5.35. The number of ether oxygens (including phenoxy) is 1. The molecule has 1 aliphatic rings. The average molecular weight is 305 g/mol. The third-order valence-electron chi connectivity index (χ3n) is 4.22. The highest BCUT2D eigenvalue weighted by Crippen LogP contribution is 2.27. The van der Waals surface area contributed by atoms with E-state index in [0.717, 1.165) is 25.7 Å². The number of aliphatic hydroxyl groups is 1. The van der Waals surface area contributed by atoms with Crippen molar-refractivity contribution in [2.45, 2.75) is 52.1 Å². The maximum absolute atomic E-state index is 12.3. The molecule has 0 unspecified atom stereocenters. The molecule has 22 heavy (non-hydrogen) atoms. The minimum absolute atomic E-state index is 0.0864. The van der Waals surface area contributed by atoms with Gasteiger partial charge in [-0.1, -0.05) is 26.0 Å². The first-order valence-corrected chi connectivity index (χ1v) is 8.16. The van der Waals surface area contributed by atoms with E-state index in [1.165, 1.54) is 6.42 Å². The molecule has 1 amide bonds. The van der Waals surface area contributed by atoms with Crippen LogP contribution in [0.25, 0.3) is 0 Å². The van der Waals surface area contributed by atoms with Crippen LogP contribution >= 0.6 is 0 Å². The lowest BCUT2D eigenvalue weighted by molar-refractivity contribution is 0.0923. The van der Waals surface area contributed by atoms with Crippen molar-refractivity contribution in [3.05, 3.63) is 29.8 Å². The predicted molar refractivity (Wildman–Crippen MR) is 87.1 cm³/mol. The van der Waals surface area contributed by atoms with Crippen molar-refractivity contribution in [2.75, 3.05) is 13.2 Å². The Morgan fingerprint density at radius 1 is 1.36 bits per heavy atom. The van der Waals surface area contributed by atoms with Gasteiger partial charge in [-0.05, 0) is 49.7 Å². The summed E-state index contributed by atoms with van der Waals surface area (Å²) in [6, 6.07) is 7.43. The Bertz CT molecular complexity index is 495. The van der Waals surface area contributed by atoms with Gasteiger partial charge in [-0.3, -0.25) is 4.79 Å². The van der Waals surface area contributed by atoms with Gasteiger partial charge in [0.2, 0.25) is 0 Å². The van der Waals surface area contributed by atoms with Crippen molar-refractivity contribution < 1.29 is 14.6 Å². The largest absolute Gasteiger partial charge is 0.490 e. The normalized spacial score (nSPS) is 15.2. The molecule has 4 heteroatoms. The summed E-state index contributed by atoms with van der Waals surface area (Å²) in [6.45, 7) is 4.83. The van der Waals surface area contributed by atoms with E-state index >= 15 is 0 Å². The molecular formula is C18H27NO3. The summed E-state index contributed by atoms with van der Waals surface area (Å²) in [5.41, 5.74) is 0.520. The van der Waals surface area contributed by atoms with E-state index in [9.17, 15) is 9.90 Å². The molecule has 0 aliphatic heterocycles. The van der Waals surface area contributed by atoms with E-state index in [0.29, 0.717) is 17.9 Å². The number of rotatable bonds is 8. The first-order valence-electron chi connectivity index (χ1n) is 8.16. The van der Waals surface area contributed by atoms with Crippen molar-refractivity contribution >= 4 is 5.91 Å². The Kier molecular flexibility index (Phi) is 5.83. The van der Waals surface area contributed by atoms with Gasteiger partial charge in [0.15, 0.2) is 0 Å². The molecule has 1 saturated carbocycles. The number of carbonyl (C=O) groups excluding carboxylic acids is 1. The molecule has 0 saturated heterocycles. The molecule has 1 fully saturated rings. The fraction of sp³-hybridized carbons (Fsp3) is 0.611. The molecule has 1 aliphatic carbocycles. The minimum atomic E-state index is -0.0873. The Balaban J connectivity index is 1.84. The topological polar surface area (TPSA) is 58.6 Å². The van der Waals surface area contributed by atoms with Crippen molar-refractivity contribution in [2.24, 2.45) is 5.41 Å². The molecule has 0 heterocycles. The second kappa shape index (κ2) is 7.63. The number of para-hydroxylation sites is 1. The van der Waals surface area contributed by atoms with E-state index in [1.54, 1.807) is 6.07 Å². The molecule has 0 bridgehead atoms. The summed E-state index contributed by atoms with van der Waals surface area (Å²) >= 11 is 0. The van der Waals surface area contributed by atoms with Gasteiger partial charge < -0.3 is 15.2 Å². The molecule has 4 nitrogen and oxygen atoms in total. The smallest absolute Gasteiger partial charge is 0.255 e. The highest BCUT2D eigenvalue weighted by molar-refractivity contribution is 5.96. The van der Waals surface area contributed by atoms with Crippen LogP contribution in [0.4, 0.5) is 0 Å². The third kappa shape index (κ3) is 4.73. The number of amides is 1. The number of hydrogen-bond acceptors (Lipinski definition) is 3. The molecule has 0 atom stereocenters. The van der Waals surface area contributed by atoms with Crippen molar-refractivity contribution in [1.82, 2.24) is 5.32 Å². The first-order chi connectivity index (χ1) is 10.5. The summed E-state index contributed by atoms with van der Waals surface area (Å²) in [4.78, 5) is 12.3. The molecule has 1 aromatic rings. The van der Waals surface area contributed by atoms with Crippen LogP contribution in [0.3, 0.4) is 0 Å². The number of hydrogen-bond donors (Lipinski definition) is 2. The monoisotopic (exact) mass is 305 g/mol. The van der Waals surface area contributed by atoms with Crippen molar-refractivity contribution in [3.63, 3.8) is 0 Å². The van der Waals surface area contributed by atoms with Crippen LogP contribution in [0.2, 0.25) is 0 Å². The van der Waals surface area contributed by atoms with Crippen LogP contribution in [0.5, 0.6) is 5.75 Å². The van der Waals surface area contributed by atoms with E-state index in [4.69, 9.17) is 4.74 Å². The van der Waals surface area contributed by atoms with Gasteiger partial charge in [0.1, 0.15) is 5.75 Å². The van der Waals surface area contributed by atoms with E-state index in [2.05, 4.69) is 5.32 Å². The Hall–Kier alpha value is -1.55.